The molecule has 1 saturated heterocycles. The van der Waals surface area contributed by atoms with E-state index >= 15 is 0 Å². The molecule has 0 radical (unpaired) electrons. The van der Waals surface area contributed by atoms with Crippen LogP contribution in [0.5, 0.6) is 0 Å². The number of amides is 2. The normalized spacial score (nSPS) is 22.3. The zero-order valence-electron chi connectivity index (χ0n) is 12.7. The van der Waals surface area contributed by atoms with Crippen molar-refractivity contribution in [1.29, 1.82) is 0 Å². The summed E-state index contributed by atoms with van der Waals surface area (Å²) in [6, 6.07) is 0. The molecule has 5 nitrogen and oxygen atoms in total. The predicted molar refractivity (Wildman–Crippen MR) is 75.8 cm³/mol. The van der Waals surface area contributed by atoms with Crippen LogP contribution in [0, 0.1) is 5.41 Å². The molecule has 0 aromatic carbocycles. The summed E-state index contributed by atoms with van der Waals surface area (Å²) in [7, 11) is 3.45. The Morgan fingerprint density at radius 3 is 2.37 bits per heavy atom. The Kier molecular flexibility index (Phi) is 5.79. The molecule has 1 unspecified atom stereocenters. The van der Waals surface area contributed by atoms with Crippen molar-refractivity contribution in [3.63, 3.8) is 0 Å². The first-order chi connectivity index (χ1) is 8.96. The molecule has 5 heteroatoms. The molecule has 1 rings (SSSR count). The maximum atomic E-state index is 12.8. The first-order valence-electron chi connectivity index (χ1n) is 7.17. The van der Waals surface area contributed by atoms with E-state index in [4.69, 9.17) is 0 Å². The van der Waals surface area contributed by atoms with Crippen LogP contribution in [0.3, 0.4) is 0 Å². The smallest absolute Gasteiger partial charge is 0.241 e. The van der Waals surface area contributed by atoms with Gasteiger partial charge in [-0.15, -0.1) is 0 Å². The average molecular weight is 269 g/mol. The van der Waals surface area contributed by atoms with Crippen molar-refractivity contribution in [2.24, 2.45) is 5.41 Å². The fourth-order valence-corrected chi connectivity index (χ4v) is 2.54. The maximum Gasteiger partial charge on any atom is 0.241 e. The summed E-state index contributed by atoms with van der Waals surface area (Å²) in [6.07, 6.45) is 2.58. The Morgan fingerprint density at radius 2 is 1.95 bits per heavy atom. The summed E-state index contributed by atoms with van der Waals surface area (Å²) in [6.45, 7) is 6.57. The maximum absolute atomic E-state index is 12.8. The number of rotatable bonds is 6. The molecule has 1 aliphatic heterocycles. The third-order valence-corrected chi connectivity index (χ3v) is 3.98. The molecule has 2 amide bonds. The van der Waals surface area contributed by atoms with Crippen LogP contribution >= 0.6 is 0 Å². The largest absolute Gasteiger partial charge is 0.347 e. The second kappa shape index (κ2) is 6.89. The zero-order valence-corrected chi connectivity index (χ0v) is 12.7. The van der Waals surface area contributed by atoms with Gasteiger partial charge in [0.15, 0.2) is 0 Å². The first-order valence-corrected chi connectivity index (χ1v) is 7.17. The summed E-state index contributed by atoms with van der Waals surface area (Å²) in [5, 5.41) is 3.28. The van der Waals surface area contributed by atoms with Gasteiger partial charge >= 0.3 is 0 Å². The standard InChI is InChI=1S/C14H27N3O2/c1-5-9-17(10-12(18)16(3)4)13(19)14(6-2)7-8-15-11-14/h15H,5-11H2,1-4H3. The lowest BCUT2D eigenvalue weighted by Crippen LogP contribution is -2.48. The fraction of sp³-hybridized carbons (Fsp3) is 0.857. The van der Waals surface area contributed by atoms with Crippen molar-refractivity contribution in [3.8, 4) is 0 Å². The van der Waals surface area contributed by atoms with Gasteiger partial charge in [-0.1, -0.05) is 13.8 Å². The fourth-order valence-electron chi connectivity index (χ4n) is 2.54. The molecule has 0 saturated carbocycles. The van der Waals surface area contributed by atoms with Crippen LogP contribution in [-0.2, 0) is 9.59 Å². The van der Waals surface area contributed by atoms with Crippen molar-refractivity contribution >= 4 is 11.8 Å². The van der Waals surface area contributed by atoms with E-state index in [2.05, 4.69) is 12.2 Å². The molecule has 1 fully saturated rings. The summed E-state index contributed by atoms with van der Waals surface area (Å²) in [5.74, 6) is 0.121. The van der Waals surface area contributed by atoms with E-state index in [1.807, 2.05) is 6.92 Å². The third kappa shape index (κ3) is 3.69. The van der Waals surface area contributed by atoms with E-state index in [0.29, 0.717) is 6.54 Å². The topological polar surface area (TPSA) is 52.7 Å². The minimum absolute atomic E-state index is 0.0148. The van der Waals surface area contributed by atoms with E-state index in [0.717, 1.165) is 32.4 Å². The quantitative estimate of drug-likeness (QED) is 0.772. The molecule has 0 aromatic heterocycles. The monoisotopic (exact) mass is 269 g/mol. The summed E-state index contributed by atoms with van der Waals surface area (Å²) in [5.41, 5.74) is -0.304. The van der Waals surface area contributed by atoms with Crippen molar-refractivity contribution in [1.82, 2.24) is 15.1 Å². The average Bonchev–Trinajstić information content (AvgIpc) is 2.87. The summed E-state index contributed by atoms with van der Waals surface area (Å²) >= 11 is 0. The highest BCUT2D eigenvalue weighted by atomic mass is 16.2. The molecule has 19 heavy (non-hydrogen) atoms. The third-order valence-electron chi connectivity index (χ3n) is 3.98. The van der Waals surface area contributed by atoms with Crippen LogP contribution in [0.15, 0.2) is 0 Å². The van der Waals surface area contributed by atoms with Gasteiger partial charge in [0.2, 0.25) is 11.8 Å². The van der Waals surface area contributed by atoms with Gasteiger partial charge in [0.05, 0.1) is 12.0 Å². The van der Waals surface area contributed by atoms with Gasteiger partial charge in [-0.25, -0.2) is 0 Å². The molecule has 1 aliphatic rings. The van der Waals surface area contributed by atoms with Crippen LogP contribution in [0.4, 0.5) is 0 Å². The second-order valence-corrected chi connectivity index (χ2v) is 5.58. The molecular formula is C14H27N3O2. The Balaban J connectivity index is 2.79. The summed E-state index contributed by atoms with van der Waals surface area (Å²) in [4.78, 5) is 27.9. The van der Waals surface area contributed by atoms with Gasteiger partial charge in [-0.3, -0.25) is 9.59 Å². The van der Waals surface area contributed by atoms with Crippen LogP contribution in [0.2, 0.25) is 0 Å². The van der Waals surface area contributed by atoms with E-state index in [9.17, 15) is 9.59 Å². The van der Waals surface area contributed by atoms with E-state index in [1.165, 1.54) is 0 Å². The molecule has 0 aliphatic carbocycles. The number of nitrogens with one attached hydrogen (secondary N) is 1. The van der Waals surface area contributed by atoms with Crippen LogP contribution in [0.1, 0.15) is 33.1 Å². The molecule has 110 valence electrons. The van der Waals surface area contributed by atoms with Gasteiger partial charge < -0.3 is 15.1 Å². The highest BCUT2D eigenvalue weighted by Crippen LogP contribution is 2.31. The van der Waals surface area contributed by atoms with Crippen molar-refractivity contribution < 1.29 is 9.59 Å². The molecular weight excluding hydrogens is 242 g/mol. The predicted octanol–water partition coefficient (Wildman–Crippen LogP) is 0.703. The Bertz CT molecular complexity index is 323. The Labute approximate surface area is 116 Å². The minimum atomic E-state index is -0.304. The van der Waals surface area contributed by atoms with Gasteiger partial charge in [-0.2, -0.15) is 0 Å². The van der Waals surface area contributed by atoms with E-state index in [1.54, 1.807) is 23.9 Å². The number of hydrogen-bond acceptors (Lipinski definition) is 3. The van der Waals surface area contributed by atoms with Crippen molar-refractivity contribution in [2.75, 3.05) is 40.3 Å². The number of likely N-dealkylation sites (N-methyl/N-ethyl adjacent to an activating group) is 1. The van der Waals surface area contributed by atoms with Gasteiger partial charge in [0.1, 0.15) is 0 Å². The lowest BCUT2D eigenvalue weighted by Gasteiger charge is -2.33. The van der Waals surface area contributed by atoms with Crippen molar-refractivity contribution in [2.45, 2.75) is 33.1 Å². The minimum Gasteiger partial charge on any atom is -0.347 e. The highest BCUT2D eigenvalue weighted by molar-refractivity contribution is 5.88. The van der Waals surface area contributed by atoms with Crippen LogP contribution in [-0.4, -0.2) is 61.9 Å². The first kappa shape index (κ1) is 16.0. The number of hydrogen-bond donors (Lipinski definition) is 1. The van der Waals surface area contributed by atoms with Gasteiger partial charge in [0, 0.05) is 27.2 Å². The summed E-state index contributed by atoms with van der Waals surface area (Å²) < 4.78 is 0. The van der Waals surface area contributed by atoms with E-state index in [-0.39, 0.29) is 23.8 Å². The van der Waals surface area contributed by atoms with Gasteiger partial charge in [0.25, 0.3) is 0 Å². The molecule has 0 aromatic rings. The molecule has 1 N–H and O–H groups in total. The number of carbonyl (C=O) groups is 2. The number of nitrogens with zero attached hydrogens (tertiary/aromatic N) is 2. The molecule has 1 atom stereocenters. The number of carbonyl (C=O) groups excluding carboxylic acids is 2. The van der Waals surface area contributed by atoms with E-state index < -0.39 is 0 Å². The second-order valence-electron chi connectivity index (χ2n) is 5.58. The molecule has 1 heterocycles. The lowest BCUT2D eigenvalue weighted by molar-refractivity contribution is -0.146. The zero-order chi connectivity index (χ0) is 14.5. The SMILES string of the molecule is CCCN(CC(=O)N(C)C)C(=O)C1(CC)CCNC1. The molecule has 0 bridgehead atoms. The highest BCUT2D eigenvalue weighted by Gasteiger charge is 2.42. The van der Waals surface area contributed by atoms with Crippen LogP contribution in [0.25, 0.3) is 0 Å². The Hall–Kier alpha value is -1.10. The molecule has 0 spiro atoms. The van der Waals surface area contributed by atoms with Gasteiger partial charge in [-0.05, 0) is 25.8 Å². The Morgan fingerprint density at radius 1 is 1.26 bits per heavy atom. The van der Waals surface area contributed by atoms with Crippen molar-refractivity contribution in [3.05, 3.63) is 0 Å². The lowest BCUT2D eigenvalue weighted by atomic mass is 9.82. The van der Waals surface area contributed by atoms with Crippen LogP contribution < -0.4 is 5.32 Å².